The first-order chi connectivity index (χ1) is 17.0. The predicted molar refractivity (Wildman–Crippen MR) is 128 cm³/mol. The average molecular weight is 485 g/mol. The van der Waals surface area contributed by atoms with Gasteiger partial charge in [0.15, 0.2) is 5.82 Å². The minimum Gasteiger partial charge on any atom is -0.475 e. The van der Waals surface area contributed by atoms with Gasteiger partial charge in [-0.15, -0.1) is 0 Å². The number of aliphatic hydroxyl groups excluding tert-OH is 1. The lowest BCUT2D eigenvalue weighted by molar-refractivity contribution is 0.0182. The molecule has 10 heteroatoms. The van der Waals surface area contributed by atoms with Gasteiger partial charge in [0.2, 0.25) is 5.88 Å². The summed E-state index contributed by atoms with van der Waals surface area (Å²) in [5.41, 5.74) is 0.0162. The third-order valence-corrected chi connectivity index (χ3v) is 6.80. The maximum atomic E-state index is 14.7. The largest absolute Gasteiger partial charge is 0.475 e. The average Bonchev–Trinajstić information content (AvgIpc) is 2.90. The molecule has 1 unspecified atom stereocenters. The zero-order valence-electron chi connectivity index (χ0n) is 20.0. The molecule has 0 radical (unpaired) electrons. The minimum absolute atomic E-state index is 0.0915. The van der Waals surface area contributed by atoms with Crippen LogP contribution in [0.25, 0.3) is 11.3 Å². The summed E-state index contributed by atoms with van der Waals surface area (Å²) in [6.07, 6.45) is 9.26. The Morgan fingerprint density at radius 2 is 1.97 bits per heavy atom. The molecular weight excluding hydrogens is 451 g/mol. The summed E-state index contributed by atoms with van der Waals surface area (Å²) in [5, 5.41) is 25.7. The fourth-order valence-electron chi connectivity index (χ4n) is 4.59. The van der Waals surface area contributed by atoms with Gasteiger partial charge in [-0.25, -0.2) is 14.4 Å². The molecule has 1 aliphatic carbocycles. The van der Waals surface area contributed by atoms with E-state index < -0.39 is 11.2 Å². The van der Waals surface area contributed by atoms with Gasteiger partial charge in [0.1, 0.15) is 12.4 Å². The Morgan fingerprint density at radius 1 is 1.23 bits per heavy atom. The van der Waals surface area contributed by atoms with Crippen molar-refractivity contribution >= 4 is 5.82 Å². The van der Waals surface area contributed by atoms with Gasteiger partial charge in [0.05, 0.1) is 42.4 Å². The first kappa shape index (κ1) is 25.2. The molecule has 2 aliphatic rings. The van der Waals surface area contributed by atoms with Crippen LogP contribution < -0.4 is 15.4 Å². The molecule has 4 rings (SSSR count). The zero-order valence-corrected chi connectivity index (χ0v) is 20.0. The number of anilines is 1. The molecule has 1 saturated carbocycles. The Bertz CT molecular complexity index is 1020. The van der Waals surface area contributed by atoms with Crippen molar-refractivity contribution in [2.75, 3.05) is 31.7 Å². The lowest BCUT2D eigenvalue weighted by Crippen LogP contribution is -2.42. The van der Waals surface area contributed by atoms with Crippen LogP contribution in [0.1, 0.15) is 45.4 Å². The van der Waals surface area contributed by atoms with Crippen molar-refractivity contribution in [2.45, 2.75) is 63.6 Å². The summed E-state index contributed by atoms with van der Waals surface area (Å²) >= 11 is 0. The van der Waals surface area contributed by atoms with Crippen molar-refractivity contribution in [1.82, 2.24) is 20.3 Å². The van der Waals surface area contributed by atoms with E-state index in [4.69, 9.17) is 9.47 Å². The second kappa shape index (κ2) is 11.7. The van der Waals surface area contributed by atoms with Gasteiger partial charge in [-0.1, -0.05) is 0 Å². The van der Waals surface area contributed by atoms with Crippen LogP contribution in [-0.4, -0.2) is 64.6 Å². The third-order valence-electron chi connectivity index (χ3n) is 6.80. The Hall–Kier alpha value is -2.87. The molecule has 2 aromatic heterocycles. The van der Waals surface area contributed by atoms with Crippen molar-refractivity contribution < 1.29 is 19.0 Å². The Balaban J connectivity index is 1.39. The molecule has 9 nitrogen and oxygen atoms in total. The number of nitrogens with one attached hydrogen (secondary N) is 2. The van der Waals surface area contributed by atoms with Gasteiger partial charge in [-0.2, -0.15) is 5.26 Å². The van der Waals surface area contributed by atoms with E-state index >= 15 is 0 Å². The van der Waals surface area contributed by atoms with Crippen LogP contribution in [0.2, 0.25) is 0 Å². The van der Waals surface area contributed by atoms with E-state index in [0.717, 1.165) is 25.7 Å². The molecule has 0 amide bonds. The highest BCUT2D eigenvalue weighted by molar-refractivity contribution is 5.63. The number of aromatic nitrogens is 3. The highest BCUT2D eigenvalue weighted by Gasteiger charge is 2.34. The Labute approximate surface area is 205 Å². The fourth-order valence-corrected chi connectivity index (χ4v) is 4.59. The summed E-state index contributed by atoms with van der Waals surface area (Å²) < 4.78 is 25.9. The third kappa shape index (κ3) is 6.63. The first-order valence-electron chi connectivity index (χ1n) is 12.2. The molecule has 2 aromatic rings. The predicted octanol–water partition coefficient (Wildman–Crippen LogP) is 3.07. The van der Waals surface area contributed by atoms with Gasteiger partial charge in [0, 0.05) is 36.9 Å². The molecule has 3 heterocycles. The molecule has 1 aliphatic heterocycles. The second-order valence-electron chi connectivity index (χ2n) is 9.53. The molecule has 1 saturated heterocycles. The topological polar surface area (TPSA) is 125 Å². The molecule has 0 bridgehead atoms. The lowest BCUT2D eigenvalue weighted by Gasteiger charge is -2.31. The Morgan fingerprint density at radius 3 is 2.69 bits per heavy atom. The van der Waals surface area contributed by atoms with Gasteiger partial charge in [-0.05, 0) is 51.5 Å². The quantitative estimate of drug-likeness (QED) is 0.492. The number of nitriles is 1. The van der Waals surface area contributed by atoms with E-state index in [2.05, 4.69) is 31.7 Å². The second-order valence-corrected chi connectivity index (χ2v) is 9.53. The van der Waals surface area contributed by atoms with Gasteiger partial charge < -0.3 is 25.2 Å². The molecule has 3 N–H and O–H groups in total. The summed E-state index contributed by atoms with van der Waals surface area (Å²) in [6, 6.07) is 4.74. The Kier molecular flexibility index (Phi) is 8.44. The number of aliphatic hydroxyl groups is 1. The highest BCUT2D eigenvalue weighted by Crippen LogP contribution is 2.31. The molecule has 188 valence electrons. The number of hydrogen-bond acceptors (Lipinski definition) is 9. The monoisotopic (exact) mass is 484 g/mol. The van der Waals surface area contributed by atoms with Crippen LogP contribution in [0.5, 0.6) is 5.88 Å². The summed E-state index contributed by atoms with van der Waals surface area (Å²) in [7, 11) is 0. The van der Waals surface area contributed by atoms with Crippen LogP contribution >= 0.6 is 0 Å². The van der Waals surface area contributed by atoms with Crippen molar-refractivity contribution in [3.63, 3.8) is 0 Å². The van der Waals surface area contributed by atoms with Crippen LogP contribution in [0.4, 0.5) is 10.2 Å². The summed E-state index contributed by atoms with van der Waals surface area (Å²) in [6.45, 7) is 3.35. The molecule has 0 aromatic carbocycles. The van der Waals surface area contributed by atoms with Crippen molar-refractivity contribution in [3.05, 3.63) is 30.5 Å². The van der Waals surface area contributed by atoms with Gasteiger partial charge in [-0.3, -0.25) is 4.98 Å². The van der Waals surface area contributed by atoms with Gasteiger partial charge >= 0.3 is 0 Å². The molecule has 2 fully saturated rings. The van der Waals surface area contributed by atoms with Crippen molar-refractivity contribution in [3.8, 4) is 23.2 Å². The number of halogens is 1. The SMILES string of the molecule is CC(CO)NC1CCC(Nc2cc(-c3cncc(OCC4(C#N)CCOCC4)n3)c(F)cn2)CC1. The van der Waals surface area contributed by atoms with E-state index in [1.807, 2.05) is 6.92 Å². The lowest BCUT2D eigenvalue weighted by atomic mass is 9.83. The molecule has 0 spiro atoms. The maximum absolute atomic E-state index is 14.7. The number of hydrogen-bond donors (Lipinski definition) is 3. The highest BCUT2D eigenvalue weighted by atomic mass is 19.1. The first-order valence-corrected chi connectivity index (χ1v) is 12.2. The van der Waals surface area contributed by atoms with E-state index in [0.29, 0.717) is 43.6 Å². The van der Waals surface area contributed by atoms with Crippen molar-refractivity contribution in [1.29, 1.82) is 5.26 Å². The van der Waals surface area contributed by atoms with E-state index in [1.54, 1.807) is 6.07 Å². The van der Waals surface area contributed by atoms with Crippen molar-refractivity contribution in [2.24, 2.45) is 5.41 Å². The van der Waals surface area contributed by atoms with E-state index in [1.165, 1.54) is 18.6 Å². The summed E-state index contributed by atoms with van der Waals surface area (Å²) in [5.74, 6) is 0.336. The minimum atomic E-state index is -0.612. The van der Waals surface area contributed by atoms with Crippen LogP contribution in [0, 0.1) is 22.6 Å². The molecule has 35 heavy (non-hydrogen) atoms. The number of nitrogens with zero attached hydrogens (tertiary/aromatic N) is 4. The standard InChI is InChI=1S/C25H33FN6O3/c1-17(14-33)30-18-2-4-19(5-3-18)31-23-10-20(21(26)11-29-23)22-12-28-13-24(32-22)35-16-25(15-27)6-8-34-9-7-25/h10-13,17-19,30,33H,2-9,14,16H2,1H3,(H,29,31). The molecular formula is C25H33FN6O3. The fraction of sp³-hybridized carbons (Fsp3) is 0.600. The zero-order chi connectivity index (χ0) is 24.7. The van der Waals surface area contributed by atoms with E-state index in [9.17, 15) is 14.8 Å². The van der Waals surface area contributed by atoms with E-state index in [-0.39, 0.29) is 36.7 Å². The van der Waals surface area contributed by atoms with Crippen LogP contribution in [0.15, 0.2) is 24.7 Å². The van der Waals surface area contributed by atoms with Crippen LogP contribution in [0.3, 0.4) is 0 Å². The number of pyridine rings is 1. The summed E-state index contributed by atoms with van der Waals surface area (Å²) in [4.78, 5) is 12.8. The maximum Gasteiger partial charge on any atom is 0.232 e. The van der Waals surface area contributed by atoms with Gasteiger partial charge in [0.25, 0.3) is 0 Å². The number of rotatable bonds is 9. The normalized spacial score (nSPS) is 22.7. The molecule has 1 atom stereocenters. The smallest absolute Gasteiger partial charge is 0.232 e. The number of ether oxygens (including phenoxy) is 2. The van der Waals surface area contributed by atoms with Crippen LogP contribution in [-0.2, 0) is 4.74 Å².